The van der Waals surface area contributed by atoms with Crippen molar-refractivity contribution in [1.82, 2.24) is 4.72 Å². The van der Waals surface area contributed by atoms with Crippen LogP contribution in [-0.4, -0.2) is 33.1 Å². The number of rotatable bonds is 7. The first-order valence-corrected chi connectivity index (χ1v) is 9.63. The quantitative estimate of drug-likeness (QED) is 0.599. The van der Waals surface area contributed by atoms with Crippen LogP contribution in [0.5, 0.6) is 0 Å². The lowest BCUT2D eigenvalue weighted by atomic mass is 10.0. The number of halogens is 1. The molecule has 0 radical (unpaired) electrons. The molecule has 2 amide bonds. The van der Waals surface area contributed by atoms with Crippen LogP contribution >= 0.6 is 22.9 Å². The highest BCUT2D eigenvalue weighted by molar-refractivity contribution is 7.94. The molecule has 0 aromatic carbocycles. The van der Waals surface area contributed by atoms with E-state index in [1.807, 2.05) is 18.6 Å². The van der Waals surface area contributed by atoms with E-state index in [0.717, 1.165) is 11.3 Å². The molecule has 0 fully saturated rings. The zero-order valence-corrected chi connectivity index (χ0v) is 15.4. The molecular weight excluding hydrogens is 378 g/mol. The van der Waals surface area contributed by atoms with Crippen LogP contribution in [0.4, 0.5) is 0 Å². The molecule has 24 heavy (non-hydrogen) atoms. The predicted molar refractivity (Wildman–Crippen MR) is 91.0 cm³/mol. The highest BCUT2D eigenvalue weighted by atomic mass is 35.5. The summed E-state index contributed by atoms with van der Waals surface area (Å²) >= 11 is 6.71. The van der Waals surface area contributed by atoms with Gasteiger partial charge in [0.1, 0.15) is 10.6 Å². The Morgan fingerprint density at radius 2 is 2.08 bits per heavy atom. The second-order valence-electron chi connectivity index (χ2n) is 5.37. The lowest BCUT2D eigenvalue weighted by Gasteiger charge is -2.13. The molecule has 11 heteroatoms. The minimum absolute atomic E-state index is 0.0383. The molecule has 1 aromatic heterocycles. The molecule has 134 valence electrons. The van der Waals surface area contributed by atoms with E-state index in [1.54, 1.807) is 0 Å². The summed E-state index contributed by atoms with van der Waals surface area (Å²) in [5, 5.41) is 10.3. The van der Waals surface area contributed by atoms with Gasteiger partial charge in [0, 0.05) is 5.38 Å². The molecule has 8 nitrogen and oxygen atoms in total. The van der Waals surface area contributed by atoms with Gasteiger partial charge in [0.25, 0.3) is 5.91 Å². The highest BCUT2D eigenvalue weighted by Crippen LogP contribution is 2.25. The Labute approximate surface area is 148 Å². The average molecular weight is 396 g/mol. The molecule has 1 heterocycles. The summed E-state index contributed by atoms with van der Waals surface area (Å²) in [4.78, 5) is 34.4. The van der Waals surface area contributed by atoms with Crippen molar-refractivity contribution >= 4 is 50.6 Å². The average Bonchev–Trinajstić information content (AvgIpc) is 2.83. The normalized spacial score (nSPS) is 14.7. The van der Waals surface area contributed by atoms with Crippen LogP contribution in [0, 0.1) is 5.92 Å². The van der Waals surface area contributed by atoms with Gasteiger partial charge in [-0.3, -0.25) is 19.1 Å². The number of hydrogen-bond acceptors (Lipinski definition) is 6. The van der Waals surface area contributed by atoms with E-state index in [-0.39, 0.29) is 15.1 Å². The molecule has 1 aromatic rings. The van der Waals surface area contributed by atoms with Crippen molar-refractivity contribution in [1.29, 1.82) is 0 Å². The number of nitrogens with zero attached hydrogens (tertiary/aromatic N) is 1. The lowest BCUT2D eigenvalue weighted by Crippen LogP contribution is -2.35. The maximum absolute atomic E-state index is 13.0. The fraction of sp³-hybridized carbons (Fsp3) is 0.462. The first-order valence-electron chi connectivity index (χ1n) is 6.86. The Morgan fingerprint density at radius 1 is 1.46 bits per heavy atom. The minimum atomic E-state index is -3.71. The van der Waals surface area contributed by atoms with Gasteiger partial charge in [-0.25, -0.2) is 4.21 Å². The third-order valence-corrected chi connectivity index (χ3v) is 6.28. The highest BCUT2D eigenvalue weighted by Gasteiger charge is 2.24. The number of carbonyl (C=O) groups is 3. The van der Waals surface area contributed by atoms with Crippen LogP contribution in [-0.2, 0) is 24.3 Å². The fourth-order valence-corrected chi connectivity index (χ4v) is 4.75. The zero-order chi connectivity index (χ0) is 18.5. The molecule has 0 aliphatic carbocycles. The van der Waals surface area contributed by atoms with Gasteiger partial charge < -0.3 is 10.8 Å². The Bertz CT molecular complexity index is 753. The van der Waals surface area contributed by atoms with Gasteiger partial charge in [0.2, 0.25) is 5.91 Å². The molecule has 0 bridgehead atoms. The number of aliphatic carboxylic acids is 1. The monoisotopic (exact) mass is 395 g/mol. The Kier molecular flexibility index (Phi) is 7.33. The first-order chi connectivity index (χ1) is 11.0. The van der Waals surface area contributed by atoms with E-state index in [2.05, 4.69) is 4.36 Å². The van der Waals surface area contributed by atoms with Crippen molar-refractivity contribution in [2.75, 3.05) is 0 Å². The van der Waals surface area contributed by atoms with E-state index in [0.29, 0.717) is 6.42 Å². The Hall–Kier alpha value is -1.49. The third kappa shape index (κ3) is 6.19. The van der Waals surface area contributed by atoms with Crippen molar-refractivity contribution in [2.45, 2.75) is 36.9 Å². The molecule has 0 aliphatic heterocycles. The van der Waals surface area contributed by atoms with Gasteiger partial charge in [-0.15, -0.1) is 15.7 Å². The van der Waals surface area contributed by atoms with Gasteiger partial charge >= 0.3 is 5.97 Å². The van der Waals surface area contributed by atoms with E-state index >= 15 is 0 Å². The second kappa shape index (κ2) is 8.56. The molecule has 2 atom stereocenters. The first kappa shape index (κ1) is 20.6. The summed E-state index contributed by atoms with van der Waals surface area (Å²) < 4.78 is 18.6. The zero-order valence-electron chi connectivity index (χ0n) is 13.0. The van der Waals surface area contributed by atoms with Crippen LogP contribution in [0.1, 0.15) is 26.7 Å². The maximum Gasteiger partial charge on any atom is 0.312 e. The molecule has 0 spiro atoms. The van der Waals surface area contributed by atoms with Crippen molar-refractivity contribution in [3.8, 4) is 0 Å². The van der Waals surface area contributed by atoms with Crippen LogP contribution < -0.4 is 10.5 Å². The number of nitrogens with one attached hydrogen (secondary N) is 1. The van der Waals surface area contributed by atoms with E-state index in [1.165, 1.54) is 11.4 Å². The minimum Gasteiger partial charge on any atom is -0.481 e. The summed E-state index contributed by atoms with van der Waals surface area (Å²) in [7, 11) is -3.71. The van der Waals surface area contributed by atoms with E-state index in [9.17, 15) is 18.6 Å². The Morgan fingerprint density at radius 3 is 2.54 bits per heavy atom. The molecule has 0 saturated carbocycles. The number of carboxylic acid groups (broad SMARTS) is 1. The summed E-state index contributed by atoms with van der Waals surface area (Å²) in [6.07, 6.45) is -0.579. The summed E-state index contributed by atoms with van der Waals surface area (Å²) in [6.45, 7) is 3.72. The number of thiophene rings is 1. The van der Waals surface area contributed by atoms with E-state index in [4.69, 9.17) is 22.4 Å². The molecule has 0 saturated heterocycles. The molecule has 1 unspecified atom stereocenters. The third-order valence-electron chi connectivity index (χ3n) is 2.64. The van der Waals surface area contributed by atoms with Crippen molar-refractivity contribution in [3.05, 3.63) is 16.5 Å². The van der Waals surface area contributed by atoms with Crippen LogP contribution in [0.2, 0.25) is 5.02 Å². The van der Waals surface area contributed by atoms with Gasteiger partial charge in [-0.05, 0) is 18.4 Å². The lowest BCUT2D eigenvalue weighted by molar-refractivity contribution is -0.140. The smallest absolute Gasteiger partial charge is 0.312 e. The van der Waals surface area contributed by atoms with E-state index < -0.39 is 40.2 Å². The van der Waals surface area contributed by atoms with Crippen molar-refractivity contribution < 1.29 is 23.7 Å². The number of hydrogen-bond donors (Lipinski definition) is 3. The number of carbonyl (C=O) groups excluding carboxylic acids is 2. The topological polar surface area (TPSA) is 139 Å². The molecule has 1 rings (SSSR count). The predicted octanol–water partition coefficient (Wildman–Crippen LogP) is 1.63. The summed E-state index contributed by atoms with van der Waals surface area (Å²) in [5.74, 6) is -3.16. The largest absolute Gasteiger partial charge is 0.481 e. The standard InChI is InChI=1S/C13H18ClN3O5S2/c1-7(2)3-9(15)13(21)17-24(22,12-4-8(14)6-23-12)16-10(18)5-11(19)20/h4,6-7,9H,3,5,15H2,1-2H3,(H,19,20)(H,16,17,18,21,22)/t9-,24?/m0/s1. The van der Waals surface area contributed by atoms with Crippen LogP contribution in [0.25, 0.3) is 0 Å². The number of carboxylic acids is 1. The Balaban J connectivity index is 3.21. The fourth-order valence-electron chi connectivity index (χ4n) is 1.69. The number of nitrogens with two attached hydrogens (primary N) is 1. The summed E-state index contributed by atoms with van der Waals surface area (Å²) in [5.41, 5.74) is 5.72. The van der Waals surface area contributed by atoms with Crippen LogP contribution in [0.3, 0.4) is 0 Å². The summed E-state index contributed by atoms with van der Waals surface area (Å²) in [6, 6.07) is 0.318. The number of amides is 2. The van der Waals surface area contributed by atoms with Crippen LogP contribution in [0.15, 0.2) is 20.0 Å². The SMILES string of the molecule is CC(C)C[C@H](N)C(=O)N=S(=O)(NC(=O)CC(=O)O)c1cc(Cl)cs1. The maximum atomic E-state index is 13.0. The van der Waals surface area contributed by atoms with Gasteiger partial charge in [-0.1, -0.05) is 25.4 Å². The molecule has 0 aliphatic rings. The second-order valence-corrected chi connectivity index (χ2v) is 8.86. The van der Waals surface area contributed by atoms with Gasteiger partial charge in [0.15, 0.2) is 9.92 Å². The van der Waals surface area contributed by atoms with Crippen molar-refractivity contribution in [3.63, 3.8) is 0 Å². The van der Waals surface area contributed by atoms with Gasteiger partial charge in [-0.2, -0.15) is 0 Å². The van der Waals surface area contributed by atoms with Crippen molar-refractivity contribution in [2.24, 2.45) is 16.0 Å². The molecular formula is C13H18ClN3O5S2. The van der Waals surface area contributed by atoms with Gasteiger partial charge in [0.05, 0.1) is 11.1 Å². The molecule has 4 N–H and O–H groups in total.